The molecule has 0 fully saturated rings. The normalized spacial score (nSPS) is 10.7. The predicted octanol–water partition coefficient (Wildman–Crippen LogP) is 3.74. The number of aromatic nitrogens is 2. The zero-order chi connectivity index (χ0) is 14.1. The van der Waals surface area contributed by atoms with E-state index >= 15 is 0 Å². The van der Waals surface area contributed by atoms with Crippen LogP contribution in [-0.4, -0.2) is 16.1 Å². The second kappa shape index (κ2) is 5.15. The lowest BCUT2D eigenvalue weighted by atomic mass is 10.2. The molecule has 20 heavy (non-hydrogen) atoms. The van der Waals surface area contributed by atoms with Gasteiger partial charge in [0.1, 0.15) is 5.82 Å². The molecule has 3 aromatic rings. The van der Waals surface area contributed by atoms with Gasteiger partial charge in [-0.25, -0.2) is 4.39 Å². The van der Waals surface area contributed by atoms with Gasteiger partial charge in [0.2, 0.25) is 0 Å². The van der Waals surface area contributed by atoms with E-state index in [2.05, 4.69) is 15.5 Å². The van der Waals surface area contributed by atoms with Gasteiger partial charge in [0.25, 0.3) is 5.91 Å². The lowest BCUT2D eigenvalue weighted by Gasteiger charge is -2.00. The number of thiophene rings is 1. The maximum absolute atomic E-state index is 13.1. The Morgan fingerprint density at radius 3 is 2.80 bits per heavy atom. The van der Waals surface area contributed by atoms with Crippen LogP contribution in [0.15, 0.2) is 36.4 Å². The van der Waals surface area contributed by atoms with Crippen LogP contribution in [0.5, 0.6) is 0 Å². The third-order valence-electron chi connectivity index (χ3n) is 2.58. The van der Waals surface area contributed by atoms with Gasteiger partial charge in [0.15, 0.2) is 11.0 Å². The third-order valence-corrected chi connectivity index (χ3v) is 3.88. The summed E-state index contributed by atoms with van der Waals surface area (Å²) in [6.45, 7) is 0. The summed E-state index contributed by atoms with van der Waals surface area (Å²) in [5.41, 5.74) is 0. The minimum Gasteiger partial charge on any atom is -0.304 e. The highest BCUT2D eigenvalue weighted by atomic mass is 35.5. The number of hydrogen-bond donors (Lipinski definition) is 1. The van der Waals surface area contributed by atoms with E-state index in [-0.39, 0.29) is 16.9 Å². The zero-order valence-corrected chi connectivity index (χ0v) is 11.5. The van der Waals surface area contributed by atoms with Gasteiger partial charge in [0.05, 0.1) is 4.88 Å². The van der Waals surface area contributed by atoms with Crippen LogP contribution in [-0.2, 0) is 0 Å². The monoisotopic (exact) mass is 307 g/mol. The minimum atomic E-state index is -0.324. The molecule has 0 atom stereocenters. The molecular formula is C13H7ClFN3OS. The number of anilines is 1. The number of halogens is 2. The fourth-order valence-corrected chi connectivity index (χ4v) is 2.76. The molecule has 0 aliphatic rings. The molecule has 2 aromatic heterocycles. The fourth-order valence-electron chi connectivity index (χ4n) is 1.68. The van der Waals surface area contributed by atoms with Crippen LogP contribution in [0.2, 0.25) is 5.15 Å². The van der Waals surface area contributed by atoms with E-state index in [0.717, 1.165) is 10.1 Å². The summed E-state index contributed by atoms with van der Waals surface area (Å²) in [6, 6.07) is 9.20. The van der Waals surface area contributed by atoms with Crippen molar-refractivity contribution in [3.63, 3.8) is 0 Å². The lowest BCUT2D eigenvalue weighted by Crippen LogP contribution is -2.11. The number of amides is 1. The Morgan fingerprint density at radius 1 is 1.20 bits per heavy atom. The maximum Gasteiger partial charge on any atom is 0.266 e. The van der Waals surface area contributed by atoms with Crippen molar-refractivity contribution in [2.45, 2.75) is 0 Å². The van der Waals surface area contributed by atoms with Crippen molar-refractivity contribution in [1.82, 2.24) is 10.2 Å². The molecule has 0 unspecified atom stereocenters. The first-order valence-corrected chi connectivity index (χ1v) is 6.81. The van der Waals surface area contributed by atoms with Gasteiger partial charge in [-0.15, -0.1) is 21.5 Å². The molecule has 0 saturated heterocycles. The highest BCUT2D eigenvalue weighted by Gasteiger charge is 2.11. The van der Waals surface area contributed by atoms with Gasteiger partial charge < -0.3 is 5.32 Å². The van der Waals surface area contributed by atoms with Crippen molar-refractivity contribution >= 4 is 44.7 Å². The van der Waals surface area contributed by atoms with Gasteiger partial charge >= 0.3 is 0 Å². The Hall–Kier alpha value is -2.05. The van der Waals surface area contributed by atoms with Crippen LogP contribution in [0.1, 0.15) is 9.67 Å². The van der Waals surface area contributed by atoms with Gasteiger partial charge in [-0.2, -0.15) is 0 Å². The van der Waals surface area contributed by atoms with Gasteiger partial charge in [-0.3, -0.25) is 4.79 Å². The molecule has 0 bridgehead atoms. The van der Waals surface area contributed by atoms with E-state index < -0.39 is 0 Å². The fraction of sp³-hybridized carbons (Fsp3) is 0. The zero-order valence-electron chi connectivity index (χ0n) is 9.93. The summed E-state index contributed by atoms with van der Waals surface area (Å²) < 4.78 is 13.8. The molecule has 1 aromatic carbocycles. The Labute approximate surface area is 122 Å². The Morgan fingerprint density at radius 2 is 2.05 bits per heavy atom. The molecule has 7 heteroatoms. The molecular weight excluding hydrogens is 301 g/mol. The number of carbonyl (C=O) groups is 1. The second-order valence-corrected chi connectivity index (χ2v) is 5.46. The second-order valence-electron chi connectivity index (χ2n) is 3.99. The number of benzene rings is 1. The lowest BCUT2D eigenvalue weighted by molar-refractivity contribution is 0.103. The summed E-state index contributed by atoms with van der Waals surface area (Å²) in [5.74, 6) is -0.332. The smallest absolute Gasteiger partial charge is 0.266 e. The van der Waals surface area contributed by atoms with E-state index in [1.165, 1.54) is 29.5 Å². The molecule has 0 aliphatic carbocycles. The highest BCUT2D eigenvalue weighted by Crippen LogP contribution is 2.26. The quantitative estimate of drug-likeness (QED) is 0.784. The molecule has 0 aliphatic heterocycles. The van der Waals surface area contributed by atoms with Gasteiger partial charge in [-0.1, -0.05) is 17.7 Å². The van der Waals surface area contributed by atoms with Gasteiger partial charge in [-0.05, 0) is 35.7 Å². The molecule has 100 valence electrons. The van der Waals surface area contributed by atoms with Crippen LogP contribution < -0.4 is 5.32 Å². The molecule has 4 nitrogen and oxygen atoms in total. The van der Waals surface area contributed by atoms with Crippen LogP contribution in [0, 0.1) is 5.82 Å². The van der Waals surface area contributed by atoms with E-state index in [1.54, 1.807) is 18.2 Å². The third kappa shape index (κ3) is 2.61. The van der Waals surface area contributed by atoms with Crippen LogP contribution >= 0.6 is 22.9 Å². The molecule has 1 N–H and O–H groups in total. The first-order valence-electron chi connectivity index (χ1n) is 5.61. The number of carbonyl (C=O) groups excluding carboxylic acids is 1. The van der Waals surface area contributed by atoms with Crippen molar-refractivity contribution < 1.29 is 9.18 Å². The minimum absolute atomic E-state index is 0.250. The average Bonchev–Trinajstić information content (AvgIpc) is 2.84. The first-order chi connectivity index (χ1) is 9.61. The first kappa shape index (κ1) is 13.0. The van der Waals surface area contributed by atoms with Gasteiger partial charge in [0, 0.05) is 4.70 Å². The van der Waals surface area contributed by atoms with Crippen LogP contribution in [0.4, 0.5) is 10.2 Å². The van der Waals surface area contributed by atoms with Crippen molar-refractivity contribution in [2.24, 2.45) is 0 Å². The van der Waals surface area contributed by atoms with E-state index in [0.29, 0.717) is 10.7 Å². The average molecular weight is 308 g/mol. The standard InChI is InChI=1S/C13H7ClFN3OS/c14-11-3-4-12(18-17-11)16-13(19)10-5-7-1-2-8(15)6-9(7)20-10/h1-6H,(H,16,18,19). The molecule has 2 heterocycles. The number of rotatable bonds is 2. The topological polar surface area (TPSA) is 54.9 Å². The maximum atomic E-state index is 13.1. The highest BCUT2D eigenvalue weighted by molar-refractivity contribution is 7.20. The van der Waals surface area contributed by atoms with E-state index in [4.69, 9.17) is 11.6 Å². The molecule has 0 saturated carbocycles. The van der Waals surface area contributed by atoms with Crippen molar-refractivity contribution in [3.8, 4) is 0 Å². The number of nitrogens with zero attached hydrogens (tertiary/aromatic N) is 2. The van der Waals surface area contributed by atoms with Crippen LogP contribution in [0.25, 0.3) is 10.1 Å². The summed E-state index contributed by atoms with van der Waals surface area (Å²) >= 11 is 6.83. The summed E-state index contributed by atoms with van der Waals surface area (Å²) in [7, 11) is 0. The van der Waals surface area contributed by atoms with Crippen molar-refractivity contribution in [2.75, 3.05) is 5.32 Å². The largest absolute Gasteiger partial charge is 0.304 e. The van der Waals surface area contributed by atoms with E-state index in [1.807, 2.05) is 0 Å². The Bertz CT molecular complexity index is 788. The molecule has 0 radical (unpaired) electrons. The summed E-state index contributed by atoms with van der Waals surface area (Å²) in [5, 5.41) is 11.1. The number of hydrogen-bond acceptors (Lipinski definition) is 4. The Kier molecular flexibility index (Phi) is 3.33. The summed E-state index contributed by atoms with van der Waals surface area (Å²) in [4.78, 5) is 12.5. The summed E-state index contributed by atoms with van der Waals surface area (Å²) in [6.07, 6.45) is 0. The van der Waals surface area contributed by atoms with Crippen molar-refractivity contribution in [1.29, 1.82) is 0 Å². The van der Waals surface area contributed by atoms with E-state index in [9.17, 15) is 9.18 Å². The SMILES string of the molecule is O=C(Nc1ccc(Cl)nn1)c1cc2ccc(F)cc2s1. The molecule has 3 rings (SSSR count). The molecule has 0 spiro atoms. The van der Waals surface area contributed by atoms with Crippen molar-refractivity contribution in [3.05, 3.63) is 52.2 Å². The predicted molar refractivity (Wildman–Crippen MR) is 76.8 cm³/mol. The van der Waals surface area contributed by atoms with Crippen LogP contribution in [0.3, 0.4) is 0 Å². The Balaban J connectivity index is 1.86. The number of nitrogens with one attached hydrogen (secondary N) is 1. The molecule has 1 amide bonds. The number of fused-ring (bicyclic) bond motifs is 1.